The summed E-state index contributed by atoms with van der Waals surface area (Å²) in [5.74, 6) is 0. The molecular weight excluding hydrogens is 342 g/mol. The van der Waals surface area contributed by atoms with Crippen LogP contribution in [0.2, 0.25) is 0 Å². The molecule has 0 bridgehead atoms. The predicted molar refractivity (Wildman–Crippen MR) is 91.7 cm³/mol. The molecule has 3 rings (SSSR count). The van der Waals surface area contributed by atoms with Gasteiger partial charge in [0, 0.05) is 10.5 Å². The Labute approximate surface area is 136 Å². The summed E-state index contributed by atoms with van der Waals surface area (Å²) in [5.41, 5.74) is 3.75. The highest BCUT2D eigenvalue weighted by Gasteiger charge is 2.15. The van der Waals surface area contributed by atoms with Crippen molar-refractivity contribution < 1.29 is 4.92 Å². The Bertz CT molecular complexity index is 814. The number of nitro groups is 1. The molecule has 0 atom stereocenters. The molecule has 0 saturated carbocycles. The molecule has 0 fully saturated rings. The molecule has 0 aromatic heterocycles. The number of nitrogens with zero attached hydrogens (tertiary/aromatic N) is 1. The standard InChI is InChI=1S/C18H12BrNO2/c19-16-10-11-18(20(21)22)17(12-16)15-8-6-14(7-9-15)13-4-2-1-3-5-13/h1-12H. The van der Waals surface area contributed by atoms with Gasteiger partial charge in [-0.05, 0) is 28.8 Å². The summed E-state index contributed by atoms with van der Waals surface area (Å²) in [5, 5.41) is 11.2. The highest BCUT2D eigenvalue weighted by atomic mass is 79.9. The summed E-state index contributed by atoms with van der Waals surface area (Å²) >= 11 is 3.37. The number of halogens is 1. The number of benzene rings is 3. The molecule has 0 amide bonds. The normalized spacial score (nSPS) is 10.4. The molecule has 3 aromatic rings. The van der Waals surface area contributed by atoms with E-state index in [0.29, 0.717) is 5.56 Å². The van der Waals surface area contributed by atoms with E-state index in [1.807, 2.05) is 54.6 Å². The average molecular weight is 354 g/mol. The lowest BCUT2D eigenvalue weighted by atomic mass is 9.99. The zero-order valence-corrected chi connectivity index (χ0v) is 13.2. The van der Waals surface area contributed by atoms with Crippen molar-refractivity contribution in [1.82, 2.24) is 0 Å². The molecule has 0 aliphatic heterocycles. The molecule has 22 heavy (non-hydrogen) atoms. The van der Waals surface area contributed by atoms with Crippen LogP contribution in [0.4, 0.5) is 5.69 Å². The number of rotatable bonds is 3. The van der Waals surface area contributed by atoms with Crippen molar-refractivity contribution in [3.8, 4) is 22.3 Å². The molecule has 3 nitrogen and oxygen atoms in total. The maximum absolute atomic E-state index is 11.2. The summed E-state index contributed by atoms with van der Waals surface area (Å²) in [6, 6.07) is 22.8. The van der Waals surface area contributed by atoms with Gasteiger partial charge in [-0.15, -0.1) is 0 Å². The minimum atomic E-state index is -0.354. The Morgan fingerprint density at radius 2 is 1.36 bits per heavy atom. The minimum absolute atomic E-state index is 0.107. The first-order valence-corrected chi connectivity index (χ1v) is 7.54. The first kappa shape index (κ1) is 14.5. The summed E-state index contributed by atoms with van der Waals surface area (Å²) in [7, 11) is 0. The third-order valence-electron chi connectivity index (χ3n) is 3.46. The van der Waals surface area contributed by atoms with Gasteiger partial charge >= 0.3 is 0 Å². The van der Waals surface area contributed by atoms with E-state index in [1.54, 1.807) is 12.1 Å². The summed E-state index contributed by atoms with van der Waals surface area (Å²) in [4.78, 5) is 10.8. The van der Waals surface area contributed by atoms with Gasteiger partial charge in [0.25, 0.3) is 5.69 Å². The smallest absolute Gasteiger partial charge is 0.258 e. The van der Waals surface area contributed by atoms with Crippen molar-refractivity contribution >= 4 is 21.6 Å². The van der Waals surface area contributed by atoms with Crippen molar-refractivity contribution in [1.29, 1.82) is 0 Å². The molecule has 108 valence electrons. The number of hydrogen-bond acceptors (Lipinski definition) is 2. The minimum Gasteiger partial charge on any atom is -0.258 e. The lowest BCUT2D eigenvalue weighted by molar-refractivity contribution is -0.384. The van der Waals surface area contributed by atoms with Crippen LogP contribution in [0.5, 0.6) is 0 Å². The van der Waals surface area contributed by atoms with Crippen molar-refractivity contribution in [2.75, 3.05) is 0 Å². The highest BCUT2D eigenvalue weighted by Crippen LogP contribution is 2.33. The van der Waals surface area contributed by atoms with Crippen LogP contribution in [-0.2, 0) is 0 Å². The fourth-order valence-corrected chi connectivity index (χ4v) is 2.73. The van der Waals surface area contributed by atoms with E-state index < -0.39 is 0 Å². The average Bonchev–Trinajstić information content (AvgIpc) is 2.55. The van der Waals surface area contributed by atoms with Gasteiger partial charge in [0.05, 0.1) is 10.5 Å². The second-order valence-corrected chi connectivity index (χ2v) is 5.78. The van der Waals surface area contributed by atoms with Gasteiger partial charge in [0.15, 0.2) is 0 Å². The third kappa shape index (κ3) is 2.92. The molecule has 0 spiro atoms. The van der Waals surface area contributed by atoms with Gasteiger partial charge in [-0.2, -0.15) is 0 Å². The van der Waals surface area contributed by atoms with Gasteiger partial charge < -0.3 is 0 Å². The quantitative estimate of drug-likeness (QED) is 0.448. The highest BCUT2D eigenvalue weighted by molar-refractivity contribution is 9.10. The zero-order chi connectivity index (χ0) is 15.5. The Morgan fingerprint density at radius 3 is 2.00 bits per heavy atom. The monoisotopic (exact) mass is 353 g/mol. The fraction of sp³-hybridized carbons (Fsp3) is 0. The van der Waals surface area contributed by atoms with E-state index in [4.69, 9.17) is 0 Å². The molecule has 0 aliphatic rings. The Balaban J connectivity index is 2.04. The van der Waals surface area contributed by atoms with Crippen molar-refractivity contribution in [2.45, 2.75) is 0 Å². The molecule has 0 unspecified atom stereocenters. The molecule has 0 saturated heterocycles. The summed E-state index contributed by atoms with van der Waals surface area (Å²) < 4.78 is 0.820. The molecular formula is C18H12BrNO2. The van der Waals surface area contributed by atoms with Crippen LogP contribution in [0, 0.1) is 10.1 Å². The van der Waals surface area contributed by atoms with Crippen LogP contribution in [0.25, 0.3) is 22.3 Å². The van der Waals surface area contributed by atoms with E-state index in [-0.39, 0.29) is 10.6 Å². The lowest BCUT2D eigenvalue weighted by Gasteiger charge is -2.06. The van der Waals surface area contributed by atoms with E-state index in [2.05, 4.69) is 15.9 Å². The lowest BCUT2D eigenvalue weighted by Crippen LogP contribution is -1.92. The molecule has 4 heteroatoms. The van der Waals surface area contributed by atoms with E-state index in [9.17, 15) is 10.1 Å². The van der Waals surface area contributed by atoms with Crippen LogP contribution in [0.3, 0.4) is 0 Å². The Kier molecular flexibility index (Phi) is 4.02. The van der Waals surface area contributed by atoms with Crippen LogP contribution < -0.4 is 0 Å². The van der Waals surface area contributed by atoms with Gasteiger partial charge in [-0.3, -0.25) is 10.1 Å². The maximum Gasteiger partial charge on any atom is 0.277 e. The SMILES string of the molecule is O=[N+]([O-])c1ccc(Br)cc1-c1ccc(-c2ccccc2)cc1. The first-order chi connectivity index (χ1) is 10.6. The second kappa shape index (κ2) is 6.12. The van der Waals surface area contributed by atoms with Crippen LogP contribution in [-0.4, -0.2) is 4.92 Å². The van der Waals surface area contributed by atoms with Gasteiger partial charge in [-0.25, -0.2) is 0 Å². The number of nitro benzene ring substituents is 1. The number of hydrogen-bond donors (Lipinski definition) is 0. The van der Waals surface area contributed by atoms with Crippen molar-refractivity contribution in [3.63, 3.8) is 0 Å². The van der Waals surface area contributed by atoms with E-state index in [0.717, 1.165) is 21.2 Å². The Morgan fingerprint density at radius 1 is 0.773 bits per heavy atom. The Hall–Kier alpha value is -2.46. The van der Waals surface area contributed by atoms with Crippen LogP contribution in [0.15, 0.2) is 77.3 Å². The molecule has 0 aliphatic carbocycles. The topological polar surface area (TPSA) is 43.1 Å². The second-order valence-electron chi connectivity index (χ2n) is 4.86. The molecule has 3 aromatic carbocycles. The summed E-state index contributed by atoms with van der Waals surface area (Å²) in [6.45, 7) is 0. The van der Waals surface area contributed by atoms with Crippen molar-refractivity contribution in [3.05, 3.63) is 87.4 Å². The largest absolute Gasteiger partial charge is 0.277 e. The van der Waals surface area contributed by atoms with Gasteiger partial charge in [-0.1, -0.05) is 70.5 Å². The van der Waals surface area contributed by atoms with Crippen molar-refractivity contribution in [2.24, 2.45) is 0 Å². The summed E-state index contributed by atoms with van der Waals surface area (Å²) in [6.07, 6.45) is 0. The molecule has 0 heterocycles. The van der Waals surface area contributed by atoms with E-state index in [1.165, 1.54) is 6.07 Å². The predicted octanol–water partition coefficient (Wildman–Crippen LogP) is 5.69. The van der Waals surface area contributed by atoms with Gasteiger partial charge in [0.2, 0.25) is 0 Å². The molecule has 0 radical (unpaired) electrons. The molecule has 0 N–H and O–H groups in total. The fourth-order valence-electron chi connectivity index (χ4n) is 2.37. The van der Waals surface area contributed by atoms with Gasteiger partial charge in [0.1, 0.15) is 0 Å². The van der Waals surface area contributed by atoms with E-state index >= 15 is 0 Å². The maximum atomic E-state index is 11.2. The third-order valence-corrected chi connectivity index (χ3v) is 3.95. The first-order valence-electron chi connectivity index (χ1n) is 6.75. The zero-order valence-electron chi connectivity index (χ0n) is 11.6. The van der Waals surface area contributed by atoms with Crippen LogP contribution >= 0.6 is 15.9 Å². The van der Waals surface area contributed by atoms with Crippen LogP contribution in [0.1, 0.15) is 0 Å².